The van der Waals surface area contributed by atoms with Gasteiger partial charge >= 0.3 is 6.03 Å². The summed E-state index contributed by atoms with van der Waals surface area (Å²) in [4.78, 5) is 16.2. The van der Waals surface area contributed by atoms with E-state index < -0.39 is 0 Å². The SMILES string of the molecule is O=C(NCCCn1cnc2ccccc21)NC1CCC(O)CC1. The Morgan fingerprint density at radius 1 is 1.26 bits per heavy atom. The molecule has 1 fully saturated rings. The summed E-state index contributed by atoms with van der Waals surface area (Å²) in [5.74, 6) is 0. The fraction of sp³-hybridized carbons (Fsp3) is 0.529. The van der Waals surface area contributed by atoms with E-state index >= 15 is 0 Å². The number of carbonyl (C=O) groups is 1. The third-order valence-corrected chi connectivity index (χ3v) is 4.42. The average Bonchev–Trinajstić information content (AvgIpc) is 2.97. The third-order valence-electron chi connectivity index (χ3n) is 4.42. The van der Waals surface area contributed by atoms with Crippen LogP contribution in [0.3, 0.4) is 0 Å². The number of urea groups is 1. The van der Waals surface area contributed by atoms with Crippen LogP contribution < -0.4 is 10.6 Å². The lowest BCUT2D eigenvalue weighted by Gasteiger charge is -2.26. The molecule has 2 amide bonds. The number of amides is 2. The molecule has 1 aliphatic rings. The van der Waals surface area contributed by atoms with E-state index in [1.807, 2.05) is 24.5 Å². The fourth-order valence-corrected chi connectivity index (χ4v) is 3.10. The predicted octanol–water partition coefficient (Wildman–Crippen LogP) is 2.03. The molecule has 1 aliphatic carbocycles. The number of nitrogens with zero attached hydrogens (tertiary/aromatic N) is 2. The highest BCUT2D eigenvalue weighted by atomic mass is 16.3. The number of rotatable bonds is 5. The molecule has 6 heteroatoms. The molecule has 1 aromatic heterocycles. The Morgan fingerprint density at radius 2 is 2.04 bits per heavy atom. The summed E-state index contributed by atoms with van der Waals surface area (Å²) in [5, 5.41) is 15.4. The number of nitrogens with one attached hydrogen (secondary N) is 2. The molecule has 6 nitrogen and oxygen atoms in total. The van der Waals surface area contributed by atoms with E-state index in [1.54, 1.807) is 0 Å². The first-order valence-electron chi connectivity index (χ1n) is 8.34. The summed E-state index contributed by atoms with van der Waals surface area (Å²) in [6.07, 6.45) is 5.78. The first-order chi connectivity index (χ1) is 11.2. The number of hydrogen-bond donors (Lipinski definition) is 3. The number of aromatic nitrogens is 2. The number of fused-ring (bicyclic) bond motifs is 1. The number of benzene rings is 1. The van der Waals surface area contributed by atoms with Crippen LogP contribution >= 0.6 is 0 Å². The molecule has 0 atom stereocenters. The van der Waals surface area contributed by atoms with Crippen molar-refractivity contribution in [2.75, 3.05) is 6.54 Å². The fourth-order valence-electron chi connectivity index (χ4n) is 3.10. The number of aliphatic hydroxyl groups excluding tert-OH is 1. The van der Waals surface area contributed by atoms with Crippen LogP contribution in [-0.4, -0.2) is 39.4 Å². The van der Waals surface area contributed by atoms with Crippen LogP contribution in [0.25, 0.3) is 11.0 Å². The van der Waals surface area contributed by atoms with Crippen LogP contribution in [0.5, 0.6) is 0 Å². The van der Waals surface area contributed by atoms with Crippen molar-refractivity contribution in [2.45, 2.75) is 50.8 Å². The Balaban J connectivity index is 1.37. The number of carbonyl (C=O) groups excluding carboxylic acids is 1. The lowest BCUT2D eigenvalue weighted by Crippen LogP contribution is -2.44. The summed E-state index contributed by atoms with van der Waals surface area (Å²) in [6, 6.07) is 8.12. The van der Waals surface area contributed by atoms with E-state index in [0.29, 0.717) is 6.54 Å². The molecule has 0 aliphatic heterocycles. The molecule has 1 aromatic carbocycles. The van der Waals surface area contributed by atoms with Gasteiger partial charge in [0.05, 0.1) is 23.5 Å². The van der Waals surface area contributed by atoms with E-state index in [0.717, 1.165) is 49.7 Å². The molecule has 0 bridgehead atoms. The lowest BCUT2D eigenvalue weighted by atomic mass is 9.93. The number of para-hydroxylation sites is 2. The minimum atomic E-state index is -0.193. The number of imidazole rings is 1. The van der Waals surface area contributed by atoms with Crippen molar-refractivity contribution >= 4 is 17.1 Å². The molecule has 1 heterocycles. The second-order valence-electron chi connectivity index (χ2n) is 6.19. The summed E-state index contributed by atoms with van der Waals surface area (Å²) in [5.41, 5.74) is 2.12. The van der Waals surface area contributed by atoms with Gasteiger partial charge in [0.2, 0.25) is 0 Å². The summed E-state index contributed by atoms with van der Waals surface area (Å²) in [7, 11) is 0. The summed E-state index contributed by atoms with van der Waals surface area (Å²) in [6.45, 7) is 1.46. The van der Waals surface area contributed by atoms with Crippen molar-refractivity contribution in [3.05, 3.63) is 30.6 Å². The number of hydrogen-bond acceptors (Lipinski definition) is 3. The minimum Gasteiger partial charge on any atom is -0.393 e. The van der Waals surface area contributed by atoms with E-state index in [2.05, 4.69) is 26.3 Å². The Kier molecular flexibility index (Phi) is 5.12. The van der Waals surface area contributed by atoms with Gasteiger partial charge in [-0.2, -0.15) is 0 Å². The quantitative estimate of drug-likeness (QED) is 0.739. The van der Waals surface area contributed by atoms with Crippen molar-refractivity contribution in [1.29, 1.82) is 0 Å². The maximum absolute atomic E-state index is 11.9. The van der Waals surface area contributed by atoms with Gasteiger partial charge in [-0.1, -0.05) is 12.1 Å². The maximum Gasteiger partial charge on any atom is 0.315 e. The molecule has 124 valence electrons. The highest BCUT2D eigenvalue weighted by molar-refractivity contribution is 5.75. The highest BCUT2D eigenvalue weighted by Crippen LogP contribution is 2.18. The average molecular weight is 316 g/mol. The van der Waals surface area contributed by atoms with Crippen molar-refractivity contribution in [3.8, 4) is 0 Å². The van der Waals surface area contributed by atoms with Crippen molar-refractivity contribution in [2.24, 2.45) is 0 Å². The summed E-state index contributed by atoms with van der Waals surface area (Å²) >= 11 is 0. The molecule has 0 radical (unpaired) electrons. The van der Waals surface area contributed by atoms with Gasteiger partial charge in [-0.25, -0.2) is 9.78 Å². The van der Waals surface area contributed by atoms with Gasteiger partial charge in [0.25, 0.3) is 0 Å². The normalized spacial score (nSPS) is 21.3. The highest BCUT2D eigenvalue weighted by Gasteiger charge is 2.20. The molecule has 0 saturated heterocycles. The molecule has 1 saturated carbocycles. The van der Waals surface area contributed by atoms with Crippen LogP contribution in [0.4, 0.5) is 4.79 Å². The molecule has 0 unspecified atom stereocenters. The summed E-state index contributed by atoms with van der Waals surface area (Å²) < 4.78 is 2.11. The molecular weight excluding hydrogens is 292 g/mol. The standard InChI is InChI=1S/C17H24N4O2/c22-14-8-6-13(7-9-14)20-17(23)18-10-3-11-21-12-19-15-4-1-2-5-16(15)21/h1-2,4-5,12-14,22H,3,6-11H2,(H2,18,20,23). The van der Waals surface area contributed by atoms with E-state index in [1.165, 1.54) is 0 Å². The molecule has 2 aromatic rings. The second-order valence-corrected chi connectivity index (χ2v) is 6.19. The largest absolute Gasteiger partial charge is 0.393 e. The van der Waals surface area contributed by atoms with Crippen molar-refractivity contribution in [1.82, 2.24) is 20.2 Å². The molecule has 23 heavy (non-hydrogen) atoms. The van der Waals surface area contributed by atoms with Gasteiger partial charge in [-0.3, -0.25) is 0 Å². The van der Waals surface area contributed by atoms with E-state index in [9.17, 15) is 9.90 Å². The lowest BCUT2D eigenvalue weighted by molar-refractivity contribution is 0.117. The smallest absolute Gasteiger partial charge is 0.315 e. The van der Waals surface area contributed by atoms with E-state index in [4.69, 9.17) is 0 Å². The van der Waals surface area contributed by atoms with Crippen LogP contribution in [0, 0.1) is 0 Å². The van der Waals surface area contributed by atoms with Crippen LogP contribution in [0.2, 0.25) is 0 Å². The molecule has 3 N–H and O–H groups in total. The van der Waals surface area contributed by atoms with Gasteiger partial charge in [-0.05, 0) is 44.2 Å². The van der Waals surface area contributed by atoms with Crippen LogP contribution in [0.1, 0.15) is 32.1 Å². The monoisotopic (exact) mass is 316 g/mol. The van der Waals surface area contributed by atoms with Crippen LogP contribution in [-0.2, 0) is 6.54 Å². The number of aryl methyl sites for hydroxylation is 1. The maximum atomic E-state index is 11.9. The minimum absolute atomic E-state index is 0.109. The zero-order chi connectivity index (χ0) is 16.1. The Labute approximate surface area is 135 Å². The zero-order valence-corrected chi connectivity index (χ0v) is 13.2. The van der Waals surface area contributed by atoms with Crippen molar-refractivity contribution in [3.63, 3.8) is 0 Å². The molecule has 0 spiro atoms. The van der Waals surface area contributed by atoms with Gasteiger partial charge < -0.3 is 20.3 Å². The zero-order valence-electron chi connectivity index (χ0n) is 13.2. The topological polar surface area (TPSA) is 79.2 Å². The first-order valence-corrected chi connectivity index (χ1v) is 8.34. The van der Waals surface area contributed by atoms with E-state index in [-0.39, 0.29) is 18.2 Å². The number of aliphatic hydroxyl groups is 1. The Bertz CT molecular complexity index is 647. The Morgan fingerprint density at radius 3 is 2.87 bits per heavy atom. The van der Waals surface area contributed by atoms with Crippen LogP contribution in [0.15, 0.2) is 30.6 Å². The second kappa shape index (κ2) is 7.46. The van der Waals surface area contributed by atoms with Gasteiger partial charge in [0.1, 0.15) is 0 Å². The van der Waals surface area contributed by atoms with Gasteiger partial charge in [0, 0.05) is 19.1 Å². The first kappa shape index (κ1) is 15.8. The van der Waals surface area contributed by atoms with Gasteiger partial charge in [-0.15, -0.1) is 0 Å². The predicted molar refractivity (Wildman–Crippen MR) is 89.1 cm³/mol. The molecule has 3 rings (SSSR count). The third kappa shape index (κ3) is 4.22. The Hall–Kier alpha value is -2.08. The molecular formula is C17H24N4O2. The van der Waals surface area contributed by atoms with Crippen molar-refractivity contribution < 1.29 is 9.90 Å². The van der Waals surface area contributed by atoms with Gasteiger partial charge in [0.15, 0.2) is 0 Å².